The molecule has 0 saturated heterocycles. The van der Waals surface area contributed by atoms with Crippen LogP contribution in [0.1, 0.15) is 15.9 Å². The summed E-state index contributed by atoms with van der Waals surface area (Å²) in [5.41, 5.74) is 0.941. The average molecular weight is 383 g/mol. The smallest absolute Gasteiger partial charge is 0.278 e. The van der Waals surface area contributed by atoms with E-state index >= 15 is 0 Å². The summed E-state index contributed by atoms with van der Waals surface area (Å²) in [5, 5.41) is 4.44. The van der Waals surface area contributed by atoms with Crippen LogP contribution in [0.25, 0.3) is 0 Å². The van der Waals surface area contributed by atoms with E-state index in [9.17, 15) is 4.79 Å². The maximum atomic E-state index is 12.1. The van der Waals surface area contributed by atoms with Crippen molar-refractivity contribution in [3.63, 3.8) is 0 Å². The number of benzene rings is 1. The van der Waals surface area contributed by atoms with E-state index in [0.29, 0.717) is 11.3 Å². The van der Waals surface area contributed by atoms with Crippen LogP contribution in [0.15, 0.2) is 17.3 Å². The molecule has 0 saturated carbocycles. The number of hydrogen-bond donors (Lipinski definition) is 0. The molecular formula is C13H11Cl4NO2Si. The standard InChI is InChI=1S/C13H11Cl4NO2Si/c1-21(2,3)20-18-6-4-5-7(19)9-8(6)10(14)12(16)13(17)11(9)15/h4-5H,1-3H3. The van der Waals surface area contributed by atoms with Crippen molar-refractivity contribution in [3.8, 4) is 0 Å². The highest BCUT2D eigenvalue weighted by Crippen LogP contribution is 2.43. The second-order valence-electron chi connectivity index (χ2n) is 5.38. The molecule has 0 aliphatic heterocycles. The molecule has 3 nitrogen and oxygen atoms in total. The van der Waals surface area contributed by atoms with Gasteiger partial charge in [-0.2, -0.15) is 0 Å². The van der Waals surface area contributed by atoms with E-state index in [4.69, 9.17) is 50.9 Å². The van der Waals surface area contributed by atoms with Gasteiger partial charge in [-0.15, -0.1) is 5.16 Å². The van der Waals surface area contributed by atoms with Crippen LogP contribution in [0.2, 0.25) is 39.7 Å². The number of carbonyl (C=O) groups excluding carboxylic acids is 1. The molecule has 8 heteroatoms. The number of oxime groups is 1. The van der Waals surface area contributed by atoms with Gasteiger partial charge in [-0.3, -0.25) is 4.79 Å². The molecule has 0 spiro atoms. The van der Waals surface area contributed by atoms with E-state index in [-0.39, 0.29) is 31.4 Å². The lowest BCUT2D eigenvalue weighted by molar-refractivity contribution is 0.104. The number of fused-ring (bicyclic) bond motifs is 1. The first-order chi connectivity index (χ1) is 9.63. The second kappa shape index (κ2) is 5.93. The quantitative estimate of drug-likeness (QED) is 0.288. The minimum Gasteiger partial charge on any atom is -0.455 e. The van der Waals surface area contributed by atoms with Gasteiger partial charge < -0.3 is 4.53 Å². The van der Waals surface area contributed by atoms with Crippen LogP contribution in [0.5, 0.6) is 0 Å². The molecule has 0 atom stereocenters. The number of rotatable bonds is 2. The number of hydrogen-bond acceptors (Lipinski definition) is 3. The van der Waals surface area contributed by atoms with Gasteiger partial charge in [-0.05, 0) is 31.8 Å². The lowest BCUT2D eigenvalue weighted by Gasteiger charge is -2.19. The fourth-order valence-electron chi connectivity index (χ4n) is 1.69. The van der Waals surface area contributed by atoms with Crippen molar-refractivity contribution >= 4 is 66.2 Å². The molecule has 21 heavy (non-hydrogen) atoms. The molecule has 1 aromatic rings. The molecule has 0 fully saturated rings. The molecule has 2 rings (SSSR count). The van der Waals surface area contributed by atoms with Gasteiger partial charge in [-0.25, -0.2) is 0 Å². The first-order valence-corrected chi connectivity index (χ1v) is 10.9. The summed E-state index contributed by atoms with van der Waals surface area (Å²) in [6, 6.07) is 0. The van der Waals surface area contributed by atoms with Crippen molar-refractivity contribution in [2.45, 2.75) is 19.6 Å². The Morgan fingerprint density at radius 1 is 0.905 bits per heavy atom. The van der Waals surface area contributed by atoms with Gasteiger partial charge in [0.15, 0.2) is 5.78 Å². The zero-order valence-corrected chi connectivity index (χ0v) is 15.5. The largest absolute Gasteiger partial charge is 0.455 e. The predicted molar refractivity (Wildman–Crippen MR) is 90.9 cm³/mol. The predicted octanol–water partition coefficient (Wildman–Crippen LogP) is 5.61. The van der Waals surface area contributed by atoms with Crippen LogP contribution in [-0.2, 0) is 4.53 Å². The van der Waals surface area contributed by atoms with Crippen LogP contribution < -0.4 is 0 Å². The molecular weight excluding hydrogens is 372 g/mol. The molecule has 0 radical (unpaired) electrons. The normalized spacial score (nSPS) is 16.3. The summed E-state index contributed by atoms with van der Waals surface area (Å²) in [7, 11) is -1.88. The highest BCUT2D eigenvalue weighted by molar-refractivity contribution is 6.69. The molecule has 1 aromatic carbocycles. The van der Waals surface area contributed by atoms with E-state index in [2.05, 4.69) is 5.16 Å². The third-order valence-electron chi connectivity index (χ3n) is 2.58. The van der Waals surface area contributed by atoms with Crippen molar-refractivity contribution in [2.24, 2.45) is 5.16 Å². The first-order valence-electron chi connectivity index (χ1n) is 5.98. The summed E-state index contributed by atoms with van der Waals surface area (Å²) >= 11 is 24.4. The highest BCUT2D eigenvalue weighted by Gasteiger charge is 2.29. The lowest BCUT2D eigenvalue weighted by Crippen LogP contribution is -2.24. The minimum atomic E-state index is -1.88. The molecule has 1 aliphatic carbocycles. The second-order valence-corrected chi connectivity index (χ2v) is 11.3. The number of allylic oxidation sites excluding steroid dienone is 2. The first kappa shape index (κ1) is 16.8. The highest BCUT2D eigenvalue weighted by atomic mass is 35.5. The Kier molecular flexibility index (Phi) is 4.76. The van der Waals surface area contributed by atoms with Gasteiger partial charge in [0, 0.05) is 5.56 Å². The summed E-state index contributed by atoms with van der Waals surface area (Å²) in [4.78, 5) is 12.1. The van der Waals surface area contributed by atoms with Crippen molar-refractivity contribution in [3.05, 3.63) is 43.4 Å². The summed E-state index contributed by atoms with van der Waals surface area (Å²) in [6.07, 6.45) is 2.87. The Hall–Kier alpha value is -0.523. The third kappa shape index (κ3) is 3.30. The van der Waals surface area contributed by atoms with E-state index < -0.39 is 8.32 Å². The van der Waals surface area contributed by atoms with Gasteiger partial charge in [-0.1, -0.05) is 46.4 Å². The molecule has 0 aromatic heterocycles. The fourth-order valence-corrected chi connectivity index (χ4v) is 3.10. The molecule has 0 amide bonds. The van der Waals surface area contributed by atoms with Crippen LogP contribution >= 0.6 is 46.4 Å². The van der Waals surface area contributed by atoms with E-state index in [1.54, 1.807) is 0 Å². The third-order valence-corrected chi connectivity index (χ3v) is 5.02. The summed E-state index contributed by atoms with van der Waals surface area (Å²) in [5.74, 6) is -0.303. The maximum Gasteiger partial charge on any atom is 0.278 e. The van der Waals surface area contributed by atoms with Crippen LogP contribution in [-0.4, -0.2) is 19.8 Å². The molecule has 0 unspecified atom stereocenters. The fraction of sp³-hybridized carbons (Fsp3) is 0.231. The summed E-state index contributed by atoms with van der Waals surface area (Å²) in [6.45, 7) is 5.96. The Morgan fingerprint density at radius 3 is 1.95 bits per heavy atom. The van der Waals surface area contributed by atoms with Crippen molar-refractivity contribution in [1.82, 2.24) is 0 Å². The number of ketones is 1. The van der Waals surface area contributed by atoms with Crippen molar-refractivity contribution in [1.29, 1.82) is 0 Å². The van der Waals surface area contributed by atoms with Crippen molar-refractivity contribution in [2.75, 3.05) is 0 Å². The average Bonchev–Trinajstić information content (AvgIpc) is 2.40. The van der Waals surface area contributed by atoms with Crippen LogP contribution in [0, 0.1) is 0 Å². The van der Waals surface area contributed by atoms with Crippen LogP contribution in [0.4, 0.5) is 0 Å². The molecule has 0 heterocycles. The van der Waals surface area contributed by atoms with Gasteiger partial charge in [0.25, 0.3) is 8.32 Å². The molecule has 1 aliphatic rings. The maximum absolute atomic E-state index is 12.1. The topological polar surface area (TPSA) is 38.7 Å². The van der Waals surface area contributed by atoms with E-state index in [0.717, 1.165) is 0 Å². The number of halogens is 4. The van der Waals surface area contributed by atoms with Gasteiger partial charge in [0.2, 0.25) is 0 Å². The Balaban J connectivity index is 2.69. The lowest BCUT2D eigenvalue weighted by atomic mass is 9.94. The SMILES string of the molecule is C[Si](C)(C)ON=C1C=CC(=O)c2c(Cl)c(Cl)c(Cl)c(Cl)c21. The Morgan fingerprint density at radius 2 is 1.43 bits per heavy atom. The van der Waals surface area contributed by atoms with Crippen LogP contribution in [0.3, 0.4) is 0 Å². The minimum absolute atomic E-state index is 0.0520. The van der Waals surface area contributed by atoms with Gasteiger partial charge in [0.1, 0.15) is 5.71 Å². The van der Waals surface area contributed by atoms with Gasteiger partial charge in [0.05, 0.1) is 25.7 Å². The Labute approximate surface area is 143 Å². The zero-order valence-electron chi connectivity index (χ0n) is 11.4. The zero-order chi connectivity index (χ0) is 15.9. The molecule has 0 N–H and O–H groups in total. The molecule has 112 valence electrons. The van der Waals surface area contributed by atoms with Crippen molar-refractivity contribution < 1.29 is 9.32 Å². The monoisotopic (exact) mass is 381 g/mol. The van der Waals surface area contributed by atoms with Gasteiger partial charge >= 0.3 is 0 Å². The number of carbonyl (C=O) groups is 1. The number of nitrogens with zero attached hydrogens (tertiary/aromatic N) is 1. The molecule has 0 bridgehead atoms. The van der Waals surface area contributed by atoms with E-state index in [1.807, 2.05) is 19.6 Å². The van der Waals surface area contributed by atoms with E-state index in [1.165, 1.54) is 12.2 Å². The summed E-state index contributed by atoms with van der Waals surface area (Å²) < 4.78 is 5.51. The Bertz CT molecular complexity index is 693.